The summed E-state index contributed by atoms with van der Waals surface area (Å²) in [7, 11) is 1.77. The molecule has 0 saturated carbocycles. The van der Waals surface area contributed by atoms with Gasteiger partial charge in [0.1, 0.15) is 0 Å². The first kappa shape index (κ1) is 9.31. The first-order valence-electron chi connectivity index (χ1n) is 3.48. The molecule has 1 unspecified atom stereocenters. The Morgan fingerprint density at radius 3 is 2.56 bits per heavy atom. The van der Waals surface area contributed by atoms with E-state index in [1.807, 2.05) is 0 Å². The van der Waals surface area contributed by atoms with Crippen LogP contribution < -0.4 is 0 Å². The van der Waals surface area contributed by atoms with Crippen LogP contribution >= 0.6 is 12.6 Å². The summed E-state index contributed by atoms with van der Waals surface area (Å²) in [4.78, 5) is 0. The predicted molar refractivity (Wildman–Crippen MR) is 44.2 cm³/mol. The van der Waals surface area contributed by atoms with E-state index in [9.17, 15) is 0 Å². The van der Waals surface area contributed by atoms with Crippen LogP contribution in [0.3, 0.4) is 0 Å². The lowest BCUT2D eigenvalue weighted by Gasteiger charge is -2.10. The zero-order valence-electron chi connectivity index (χ0n) is 6.26. The Morgan fingerprint density at radius 1 is 1.56 bits per heavy atom. The third kappa shape index (κ3) is 4.79. The van der Waals surface area contributed by atoms with E-state index in [1.165, 1.54) is 0 Å². The Morgan fingerprint density at radius 2 is 2.22 bits per heavy atom. The smallest absolute Gasteiger partial charge is 0.0569 e. The second-order valence-electron chi connectivity index (χ2n) is 2.13. The summed E-state index contributed by atoms with van der Waals surface area (Å²) < 4.78 is 5.17. The molecule has 0 amide bonds. The lowest BCUT2D eigenvalue weighted by atomic mass is 10.2. The average molecular weight is 148 g/mol. The van der Waals surface area contributed by atoms with Crippen LogP contribution in [0.4, 0.5) is 0 Å². The van der Waals surface area contributed by atoms with E-state index in [0.29, 0.717) is 6.10 Å². The van der Waals surface area contributed by atoms with Gasteiger partial charge in [0.05, 0.1) is 6.10 Å². The number of hydrogen-bond donors (Lipinski definition) is 1. The highest BCUT2D eigenvalue weighted by Crippen LogP contribution is 2.05. The molecule has 0 aliphatic rings. The van der Waals surface area contributed by atoms with Crippen LogP contribution in [-0.4, -0.2) is 19.0 Å². The van der Waals surface area contributed by atoms with E-state index in [0.717, 1.165) is 25.0 Å². The van der Waals surface area contributed by atoms with Crippen LogP contribution in [0.5, 0.6) is 0 Å². The Hall–Kier alpha value is 0.310. The van der Waals surface area contributed by atoms with Gasteiger partial charge in [0, 0.05) is 7.11 Å². The monoisotopic (exact) mass is 148 g/mol. The van der Waals surface area contributed by atoms with Gasteiger partial charge < -0.3 is 4.74 Å². The van der Waals surface area contributed by atoms with Gasteiger partial charge in [-0.3, -0.25) is 0 Å². The van der Waals surface area contributed by atoms with E-state index in [4.69, 9.17) is 4.74 Å². The van der Waals surface area contributed by atoms with E-state index in [1.54, 1.807) is 7.11 Å². The molecule has 2 heteroatoms. The molecule has 0 rings (SSSR count). The first-order valence-corrected chi connectivity index (χ1v) is 4.12. The lowest BCUT2D eigenvalue weighted by Crippen LogP contribution is -2.08. The summed E-state index contributed by atoms with van der Waals surface area (Å²) in [6, 6.07) is 0. The molecule has 0 aromatic heterocycles. The minimum Gasteiger partial charge on any atom is -0.381 e. The fourth-order valence-electron chi connectivity index (χ4n) is 0.808. The maximum absolute atomic E-state index is 5.17. The molecular formula is C7H16OS. The Bertz CT molecular complexity index is 52.9. The minimum absolute atomic E-state index is 0.456. The summed E-state index contributed by atoms with van der Waals surface area (Å²) >= 11 is 4.12. The van der Waals surface area contributed by atoms with E-state index >= 15 is 0 Å². The SMILES string of the molecule is CCC(CCCS)OC. The molecule has 0 aliphatic heterocycles. The van der Waals surface area contributed by atoms with Crippen LogP contribution in [0.2, 0.25) is 0 Å². The van der Waals surface area contributed by atoms with Gasteiger partial charge in [-0.2, -0.15) is 12.6 Å². The summed E-state index contributed by atoms with van der Waals surface area (Å²) in [6.45, 7) is 2.15. The van der Waals surface area contributed by atoms with Crippen molar-refractivity contribution in [3.63, 3.8) is 0 Å². The quantitative estimate of drug-likeness (QED) is 0.588. The standard InChI is InChI=1S/C7H16OS/c1-3-7(8-2)5-4-6-9/h7,9H,3-6H2,1-2H3. The molecule has 1 nitrogen and oxygen atoms in total. The molecule has 0 aromatic rings. The Kier molecular flexibility index (Phi) is 6.65. The molecule has 0 heterocycles. The van der Waals surface area contributed by atoms with E-state index in [-0.39, 0.29) is 0 Å². The van der Waals surface area contributed by atoms with Crippen molar-refractivity contribution in [1.29, 1.82) is 0 Å². The van der Waals surface area contributed by atoms with Crippen molar-refractivity contribution in [3.05, 3.63) is 0 Å². The Balaban J connectivity index is 3.09. The zero-order chi connectivity index (χ0) is 7.11. The molecular weight excluding hydrogens is 132 g/mol. The van der Waals surface area contributed by atoms with Crippen molar-refractivity contribution in [3.8, 4) is 0 Å². The fourth-order valence-corrected chi connectivity index (χ4v) is 0.990. The molecule has 1 atom stereocenters. The van der Waals surface area contributed by atoms with Gasteiger partial charge in [-0.05, 0) is 25.0 Å². The minimum atomic E-state index is 0.456. The van der Waals surface area contributed by atoms with E-state index in [2.05, 4.69) is 19.6 Å². The second kappa shape index (κ2) is 6.43. The number of rotatable bonds is 5. The van der Waals surface area contributed by atoms with Gasteiger partial charge in [-0.15, -0.1) is 0 Å². The van der Waals surface area contributed by atoms with Crippen LogP contribution in [-0.2, 0) is 4.74 Å². The van der Waals surface area contributed by atoms with Gasteiger partial charge in [-0.25, -0.2) is 0 Å². The van der Waals surface area contributed by atoms with Gasteiger partial charge in [0.25, 0.3) is 0 Å². The molecule has 9 heavy (non-hydrogen) atoms. The zero-order valence-corrected chi connectivity index (χ0v) is 7.16. The highest BCUT2D eigenvalue weighted by atomic mass is 32.1. The number of hydrogen-bond acceptors (Lipinski definition) is 2. The molecule has 0 N–H and O–H groups in total. The largest absolute Gasteiger partial charge is 0.381 e. The maximum Gasteiger partial charge on any atom is 0.0569 e. The molecule has 0 spiro atoms. The fraction of sp³-hybridized carbons (Fsp3) is 1.00. The summed E-state index contributed by atoms with van der Waals surface area (Å²) in [5.74, 6) is 0.972. The van der Waals surface area contributed by atoms with Crippen molar-refractivity contribution in [2.24, 2.45) is 0 Å². The normalized spacial score (nSPS) is 13.7. The van der Waals surface area contributed by atoms with Crippen molar-refractivity contribution in [2.75, 3.05) is 12.9 Å². The Labute approximate surface area is 63.2 Å². The molecule has 0 aromatic carbocycles. The molecule has 0 bridgehead atoms. The second-order valence-corrected chi connectivity index (χ2v) is 2.58. The maximum atomic E-state index is 5.17. The van der Waals surface area contributed by atoms with E-state index < -0.39 is 0 Å². The number of thiol groups is 1. The van der Waals surface area contributed by atoms with Gasteiger partial charge >= 0.3 is 0 Å². The van der Waals surface area contributed by atoms with Crippen molar-refractivity contribution >= 4 is 12.6 Å². The van der Waals surface area contributed by atoms with Crippen LogP contribution in [0.15, 0.2) is 0 Å². The summed E-state index contributed by atoms with van der Waals surface area (Å²) in [5, 5.41) is 0. The molecule has 0 aliphatic carbocycles. The van der Waals surface area contributed by atoms with Crippen molar-refractivity contribution < 1.29 is 4.74 Å². The summed E-state index contributed by atoms with van der Waals surface area (Å²) in [6.07, 6.45) is 3.88. The highest BCUT2D eigenvalue weighted by Gasteiger charge is 2.00. The molecule has 0 fully saturated rings. The number of methoxy groups -OCH3 is 1. The van der Waals surface area contributed by atoms with Crippen molar-refractivity contribution in [1.82, 2.24) is 0 Å². The molecule has 0 saturated heterocycles. The van der Waals surface area contributed by atoms with Crippen molar-refractivity contribution in [2.45, 2.75) is 32.3 Å². The highest BCUT2D eigenvalue weighted by molar-refractivity contribution is 7.80. The number of ether oxygens (including phenoxy) is 1. The van der Waals surface area contributed by atoms with Crippen LogP contribution in [0.25, 0.3) is 0 Å². The van der Waals surface area contributed by atoms with Gasteiger partial charge in [0.15, 0.2) is 0 Å². The van der Waals surface area contributed by atoms with Crippen LogP contribution in [0, 0.1) is 0 Å². The molecule has 56 valence electrons. The third-order valence-electron chi connectivity index (χ3n) is 1.47. The third-order valence-corrected chi connectivity index (χ3v) is 1.79. The predicted octanol–water partition coefficient (Wildman–Crippen LogP) is 2.12. The van der Waals surface area contributed by atoms with Gasteiger partial charge in [0.2, 0.25) is 0 Å². The lowest BCUT2D eigenvalue weighted by molar-refractivity contribution is 0.0918. The van der Waals surface area contributed by atoms with Gasteiger partial charge in [-0.1, -0.05) is 6.92 Å². The summed E-state index contributed by atoms with van der Waals surface area (Å²) in [5.41, 5.74) is 0. The van der Waals surface area contributed by atoms with Crippen LogP contribution in [0.1, 0.15) is 26.2 Å². The average Bonchev–Trinajstić information content (AvgIpc) is 1.91. The first-order chi connectivity index (χ1) is 4.35. The topological polar surface area (TPSA) is 9.23 Å². The molecule has 0 radical (unpaired) electrons.